The van der Waals surface area contributed by atoms with Gasteiger partial charge in [0.25, 0.3) is 0 Å². The first kappa shape index (κ1) is 15.3. The summed E-state index contributed by atoms with van der Waals surface area (Å²) in [5.41, 5.74) is 1.12. The minimum absolute atomic E-state index is 0.0710. The molecule has 0 spiro atoms. The third-order valence-corrected chi connectivity index (χ3v) is 3.89. The number of benzene rings is 1. The van der Waals surface area contributed by atoms with Crippen LogP contribution in [0.3, 0.4) is 0 Å². The van der Waals surface area contributed by atoms with Crippen LogP contribution >= 0.6 is 10.7 Å². The van der Waals surface area contributed by atoms with Crippen LogP contribution in [0, 0.1) is 5.92 Å². The topological polar surface area (TPSA) is 43.4 Å². The van der Waals surface area contributed by atoms with Crippen LogP contribution in [0.4, 0.5) is 0 Å². The lowest BCUT2D eigenvalue weighted by molar-refractivity contribution is 0.269. The van der Waals surface area contributed by atoms with Gasteiger partial charge in [-0.1, -0.05) is 39.0 Å². The zero-order chi connectivity index (χ0) is 13.8. The van der Waals surface area contributed by atoms with E-state index in [0.717, 1.165) is 11.3 Å². The molecule has 3 nitrogen and oxygen atoms in total. The van der Waals surface area contributed by atoms with Crippen LogP contribution in [0.15, 0.2) is 24.3 Å². The highest BCUT2D eigenvalue weighted by atomic mass is 35.7. The van der Waals surface area contributed by atoms with Crippen LogP contribution in [0.2, 0.25) is 0 Å². The Hall–Kier alpha value is -0.740. The molecule has 1 aromatic rings. The van der Waals surface area contributed by atoms with Crippen molar-refractivity contribution >= 4 is 19.7 Å². The summed E-state index contributed by atoms with van der Waals surface area (Å²) < 4.78 is 27.6. The fraction of sp³-hybridized carbons (Fsp3) is 0.538. The van der Waals surface area contributed by atoms with E-state index in [-0.39, 0.29) is 11.7 Å². The number of rotatable bonds is 6. The summed E-state index contributed by atoms with van der Waals surface area (Å²) in [6.45, 7) is 6.33. The molecule has 0 aliphatic carbocycles. The Kier molecular flexibility index (Phi) is 5.47. The van der Waals surface area contributed by atoms with Gasteiger partial charge in [-0.15, -0.1) is 0 Å². The van der Waals surface area contributed by atoms with Gasteiger partial charge in [0, 0.05) is 16.6 Å². The molecule has 0 aliphatic heterocycles. The quantitative estimate of drug-likeness (QED) is 0.754. The third kappa shape index (κ3) is 5.27. The zero-order valence-corrected chi connectivity index (χ0v) is 12.5. The van der Waals surface area contributed by atoms with Crippen molar-refractivity contribution in [3.05, 3.63) is 29.8 Å². The van der Waals surface area contributed by atoms with E-state index in [1.807, 2.05) is 24.3 Å². The summed E-state index contributed by atoms with van der Waals surface area (Å²) in [4.78, 5) is 0. The number of hydrogen-bond donors (Lipinski definition) is 0. The molecule has 102 valence electrons. The van der Waals surface area contributed by atoms with E-state index in [9.17, 15) is 8.42 Å². The van der Waals surface area contributed by atoms with Gasteiger partial charge in [-0.05, 0) is 17.5 Å². The lowest BCUT2D eigenvalue weighted by Gasteiger charge is -2.16. The van der Waals surface area contributed by atoms with Crippen molar-refractivity contribution in [2.45, 2.75) is 26.7 Å². The van der Waals surface area contributed by atoms with Gasteiger partial charge in [-0.3, -0.25) is 0 Å². The normalized spacial score (nSPS) is 13.6. The molecule has 0 saturated carbocycles. The summed E-state index contributed by atoms with van der Waals surface area (Å²) in [5.74, 6) is 0.977. The van der Waals surface area contributed by atoms with Gasteiger partial charge in [0.1, 0.15) is 5.75 Å². The van der Waals surface area contributed by atoms with Crippen molar-refractivity contribution in [1.29, 1.82) is 0 Å². The highest BCUT2D eigenvalue weighted by Gasteiger charge is 2.14. The van der Waals surface area contributed by atoms with Gasteiger partial charge >= 0.3 is 0 Å². The molecular formula is C13H19ClO3S. The molecule has 0 N–H and O–H groups in total. The van der Waals surface area contributed by atoms with E-state index in [4.69, 9.17) is 15.4 Å². The predicted molar refractivity (Wildman–Crippen MR) is 74.8 cm³/mol. The van der Waals surface area contributed by atoms with Crippen molar-refractivity contribution in [3.8, 4) is 5.75 Å². The Morgan fingerprint density at radius 2 is 1.83 bits per heavy atom. The molecular weight excluding hydrogens is 272 g/mol. The average molecular weight is 291 g/mol. The summed E-state index contributed by atoms with van der Waals surface area (Å²) in [5, 5.41) is 0. The molecule has 0 aromatic heterocycles. The molecule has 0 fully saturated rings. The van der Waals surface area contributed by atoms with Crippen LogP contribution in [0.25, 0.3) is 0 Å². The van der Waals surface area contributed by atoms with Crippen LogP contribution in [-0.4, -0.2) is 20.8 Å². The van der Waals surface area contributed by atoms with Crippen molar-refractivity contribution in [3.63, 3.8) is 0 Å². The number of ether oxygens (including phenoxy) is 1. The SMILES string of the molecule is CC(COc1ccccc1C(C)C)CS(=O)(=O)Cl. The third-order valence-electron chi connectivity index (χ3n) is 2.55. The first-order valence-electron chi connectivity index (χ1n) is 5.93. The number of halogens is 1. The maximum absolute atomic E-state index is 10.9. The highest BCUT2D eigenvalue weighted by Crippen LogP contribution is 2.26. The van der Waals surface area contributed by atoms with Crippen molar-refractivity contribution < 1.29 is 13.2 Å². The highest BCUT2D eigenvalue weighted by molar-refractivity contribution is 8.13. The van der Waals surface area contributed by atoms with Gasteiger partial charge < -0.3 is 4.74 Å². The summed E-state index contributed by atoms with van der Waals surface area (Å²) >= 11 is 0. The molecule has 1 rings (SSSR count). The number of para-hydroxylation sites is 1. The summed E-state index contributed by atoms with van der Waals surface area (Å²) in [7, 11) is 1.75. The lowest BCUT2D eigenvalue weighted by Crippen LogP contribution is -2.17. The molecule has 0 saturated heterocycles. The minimum atomic E-state index is -3.46. The molecule has 0 bridgehead atoms. The fourth-order valence-corrected chi connectivity index (χ4v) is 3.13. The van der Waals surface area contributed by atoms with E-state index < -0.39 is 9.05 Å². The molecule has 0 amide bonds. The molecule has 0 radical (unpaired) electrons. The van der Waals surface area contributed by atoms with Gasteiger partial charge in [0.05, 0.1) is 12.4 Å². The van der Waals surface area contributed by atoms with Gasteiger partial charge in [0.2, 0.25) is 9.05 Å². The van der Waals surface area contributed by atoms with Crippen LogP contribution in [0.5, 0.6) is 5.75 Å². The monoisotopic (exact) mass is 290 g/mol. The summed E-state index contributed by atoms with van der Waals surface area (Å²) in [6, 6.07) is 7.79. The van der Waals surface area contributed by atoms with Crippen molar-refractivity contribution in [2.24, 2.45) is 5.92 Å². The van der Waals surface area contributed by atoms with E-state index in [1.165, 1.54) is 0 Å². The van der Waals surface area contributed by atoms with E-state index in [1.54, 1.807) is 6.92 Å². The maximum atomic E-state index is 10.9. The Labute approximate surface area is 114 Å². The van der Waals surface area contributed by atoms with Crippen LogP contribution in [-0.2, 0) is 9.05 Å². The molecule has 18 heavy (non-hydrogen) atoms. The second-order valence-corrected chi connectivity index (χ2v) is 7.64. The summed E-state index contributed by atoms with van der Waals surface area (Å²) in [6.07, 6.45) is 0. The van der Waals surface area contributed by atoms with Crippen molar-refractivity contribution in [2.75, 3.05) is 12.4 Å². The van der Waals surface area contributed by atoms with Gasteiger partial charge in [0.15, 0.2) is 0 Å². The Morgan fingerprint density at radius 3 is 2.39 bits per heavy atom. The molecule has 5 heteroatoms. The second-order valence-electron chi connectivity index (χ2n) is 4.81. The van der Waals surface area contributed by atoms with E-state index >= 15 is 0 Å². The largest absolute Gasteiger partial charge is 0.493 e. The van der Waals surface area contributed by atoms with E-state index in [0.29, 0.717) is 12.5 Å². The molecule has 1 aromatic carbocycles. The van der Waals surface area contributed by atoms with Crippen LogP contribution in [0.1, 0.15) is 32.3 Å². The van der Waals surface area contributed by atoms with Crippen LogP contribution < -0.4 is 4.74 Å². The molecule has 1 atom stereocenters. The lowest BCUT2D eigenvalue weighted by atomic mass is 10.0. The van der Waals surface area contributed by atoms with Gasteiger partial charge in [-0.25, -0.2) is 8.42 Å². The first-order chi connectivity index (χ1) is 8.29. The number of hydrogen-bond acceptors (Lipinski definition) is 3. The minimum Gasteiger partial charge on any atom is -0.493 e. The maximum Gasteiger partial charge on any atom is 0.232 e. The fourth-order valence-electron chi connectivity index (χ4n) is 1.71. The van der Waals surface area contributed by atoms with Crippen molar-refractivity contribution in [1.82, 2.24) is 0 Å². The van der Waals surface area contributed by atoms with E-state index in [2.05, 4.69) is 13.8 Å². The zero-order valence-electron chi connectivity index (χ0n) is 10.9. The Morgan fingerprint density at radius 1 is 1.22 bits per heavy atom. The Balaban J connectivity index is 2.64. The molecule has 0 heterocycles. The molecule has 1 unspecified atom stereocenters. The second kappa shape index (κ2) is 6.43. The smallest absolute Gasteiger partial charge is 0.232 e. The van der Waals surface area contributed by atoms with Gasteiger partial charge in [-0.2, -0.15) is 0 Å². The average Bonchev–Trinajstić information content (AvgIpc) is 2.24. The Bertz CT molecular complexity index is 483. The first-order valence-corrected chi connectivity index (χ1v) is 8.41. The molecule has 0 aliphatic rings. The predicted octanol–water partition coefficient (Wildman–Crippen LogP) is 3.39. The standard InChI is InChI=1S/C13H19ClO3S/c1-10(2)12-6-4-5-7-13(12)17-8-11(3)9-18(14,15)16/h4-7,10-11H,8-9H2,1-3H3.